The van der Waals surface area contributed by atoms with Crippen LogP contribution in [0.3, 0.4) is 0 Å². The molecule has 8 nitrogen and oxygen atoms in total. The van der Waals surface area contributed by atoms with Crippen molar-refractivity contribution in [2.45, 2.75) is 12.8 Å². The first-order chi connectivity index (χ1) is 11.8. The molecule has 24 heavy (non-hydrogen) atoms. The van der Waals surface area contributed by atoms with Crippen LogP contribution in [0.4, 0.5) is 5.82 Å². The smallest absolute Gasteiger partial charge is 0.223 e. The largest absolute Gasteiger partial charge is 0.472 e. The molecule has 0 saturated carbocycles. The zero-order valence-electron chi connectivity index (χ0n) is 13.2. The van der Waals surface area contributed by atoms with E-state index in [1.165, 1.54) is 6.33 Å². The van der Waals surface area contributed by atoms with Crippen LogP contribution < -0.4 is 4.90 Å². The van der Waals surface area contributed by atoms with E-state index < -0.39 is 0 Å². The molecule has 4 heterocycles. The second-order valence-corrected chi connectivity index (χ2v) is 5.79. The van der Waals surface area contributed by atoms with E-state index in [-0.39, 0.29) is 5.91 Å². The van der Waals surface area contributed by atoms with Gasteiger partial charge in [-0.25, -0.2) is 4.98 Å². The zero-order chi connectivity index (χ0) is 16.4. The minimum atomic E-state index is 0.188. The first-order valence-electron chi connectivity index (χ1n) is 7.99. The van der Waals surface area contributed by atoms with Crippen molar-refractivity contribution in [3.8, 4) is 0 Å². The molecular weight excluding hydrogens is 308 g/mol. The van der Waals surface area contributed by atoms with E-state index in [0.717, 1.165) is 36.5 Å². The maximum atomic E-state index is 12.3. The van der Waals surface area contributed by atoms with Crippen LogP contribution in [0.25, 0.3) is 5.65 Å². The van der Waals surface area contributed by atoms with Crippen molar-refractivity contribution in [2.75, 3.05) is 31.1 Å². The lowest BCUT2D eigenvalue weighted by atomic mass is 10.1. The summed E-state index contributed by atoms with van der Waals surface area (Å²) < 4.78 is 6.81. The zero-order valence-corrected chi connectivity index (χ0v) is 13.2. The summed E-state index contributed by atoms with van der Waals surface area (Å²) in [4.78, 5) is 24.8. The highest BCUT2D eigenvalue weighted by atomic mass is 16.3. The van der Waals surface area contributed by atoms with Crippen LogP contribution in [0.5, 0.6) is 0 Å². The fraction of sp³-hybridized carbons (Fsp3) is 0.375. The Morgan fingerprint density at radius 2 is 2.08 bits per heavy atom. The van der Waals surface area contributed by atoms with Gasteiger partial charge in [-0.1, -0.05) is 0 Å². The molecule has 0 aliphatic carbocycles. The molecule has 0 bridgehead atoms. The van der Waals surface area contributed by atoms with Gasteiger partial charge in [-0.2, -0.15) is 9.61 Å². The van der Waals surface area contributed by atoms with Crippen LogP contribution in [0.15, 0.2) is 41.7 Å². The number of carbonyl (C=O) groups is 1. The first-order valence-corrected chi connectivity index (χ1v) is 7.99. The summed E-state index contributed by atoms with van der Waals surface area (Å²) >= 11 is 0. The van der Waals surface area contributed by atoms with Gasteiger partial charge in [0.1, 0.15) is 6.33 Å². The Morgan fingerprint density at radius 3 is 2.88 bits per heavy atom. The van der Waals surface area contributed by atoms with Crippen molar-refractivity contribution in [2.24, 2.45) is 0 Å². The fourth-order valence-electron chi connectivity index (χ4n) is 2.99. The minimum Gasteiger partial charge on any atom is -0.472 e. The van der Waals surface area contributed by atoms with Gasteiger partial charge in [0.15, 0.2) is 11.5 Å². The maximum Gasteiger partial charge on any atom is 0.223 e. The van der Waals surface area contributed by atoms with Crippen LogP contribution in [0.1, 0.15) is 12.0 Å². The number of piperazine rings is 1. The van der Waals surface area contributed by atoms with Gasteiger partial charge < -0.3 is 14.2 Å². The van der Waals surface area contributed by atoms with Crippen LogP contribution in [0, 0.1) is 0 Å². The summed E-state index contributed by atoms with van der Waals surface area (Å²) in [6.07, 6.45) is 9.56. The summed E-state index contributed by atoms with van der Waals surface area (Å²) in [5.74, 6) is 1.10. The Morgan fingerprint density at radius 1 is 1.21 bits per heavy atom. The molecule has 1 aliphatic heterocycles. The molecule has 3 aromatic rings. The van der Waals surface area contributed by atoms with Crippen molar-refractivity contribution in [1.29, 1.82) is 0 Å². The molecule has 3 aromatic heterocycles. The van der Waals surface area contributed by atoms with Crippen LogP contribution in [0.2, 0.25) is 0 Å². The Hall–Kier alpha value is -2.90. The van der Waals surface area contributed by atoms with Crippen molar-refractivity contribution >= 4 is 17.4 Å². The number of aryl methyl sites for hydroxylation is 1. The topological polar surface area (TPSA) is 79.8 Å². The van der Waals surface area contributed by atoms with Crippen molar-refractivity contribution in [3.63, 3.8) is 0 Å². The van der Waals surface area contributed by atoms with E-state index in [9.17, 15) is 4.79 Å². The summed E-state index contributed by atoms with van der Waals surface area (Å²) in [6, 6.07) is 1.90. The molecule has 8 heteroatoms. The molecular formula is C16H18N6O2. The van der Waals surface area contributed by atoms with Gasteiger partial charge in [0.25, 0.3) is 0 Å². The Kier molecular flexibility index (Phi) is 3.86. The predicted octanol–water partition coefficient (Wildman–Crippen LogP) is 0.999. The van der Waals surface area contributed by atoms with Gasteiger partial charge in [-0.05, 0) is 18.1 Å². The molecule has 1 saturated heterocycles. The number of anilines is 1. The maximum absolute atomic E-state index is 12.3. The van der Waals surface area contributed by atoms with E-state index in [0.29, 0.717) is 19.5 Å². The average molecular weight is 326 g/mol. The number of hydrogen-bond donors (Lipinski definition) is 0. The number of rotatable bonds is 4. The highest BCUT2D eigenvalue weighted by Crippen LogP contribution is 2.16. The van der Waals surface area contributed by atoms with E-state index in [1.807, 2.05) is 11.0 Å². The Balaban J connectivity index is 1.36. The molecule has 0 spiro atoms. The van der Waals surface area contributed by atoms with Gasteiger partial charge in [-0.3, -0.25) is 9.78 Å². The summed E-state index contributed by atoms with van der Waals surface area (Å²) in [7, 11) is 0. The summed E-state index contributed by atoms with van der Waals surface area (Å²) in [6.45, 7) is 2.93. The number of carbonyl (C=O) groups excluding carboxylic acids is 1. The normalized spacial score (nSPS) is 15.2. The highest BCUT2D eigenvalue weighted by molar-refractivity contribution is 5.76. The van der Waals surface area contributed by atoms with Gasteiger partial charge in [0, 0.05) is 32.6 Å². The molecule has 0 aromatic carbocycles. The minimum absolute atomic E-state index is 0.188. The molecule has 0 N–H and O–H groups in total. The lowest BCUT2D eigenvalue weighted by Gasteiger charge is -2.35. The van der Waals surface area contributed by atoms with Gasteiger partial charge in [0.2, 0.25) is 5.91 Å². The molecule has 1 aliphatic rings. The van der Waals surface area contributed by atoms with E-state index in [1.54, 1.807) is 29.4 Å². The number of nitrogens with zero attached hydrogens (tertiary/aromatic N) is 6. The van der Waals surface area contributed by atoms with Crippen LogP contribution in [-0.2, 0) is 11.2 Å². The molecule has 1 fully saturated rings. The third-order valence-corrected chi connectivity index (χ3v) is 4.34. The van der Waals surface area contributed by atoms with Gasteiger partial charge >= 0.3 is 0 Å². The van der Waals surface area contributed by atoms with E-state index in [4.69, 9.17) is 4.42 Å². The molecule has 1 amide bonds. The van der Waals surface area contributed by atoms with Gasteiger partial charge in [0.05, 0.1) is 24.9 Å². The molecule has 0 unspecified atom stereocenters. The van der Waals surface area contributed by atoms with Crippen molar-refractivity contribution in [3.05, 3.63) is 42.9 Å². The number of hydrogen-bond acceptors (Lipinski definition) is 6. The first kappa shape index (κ1) is 14.7. The second kappa shape index (κ2) is 6.31. The number of furan rings is 1. The third-order valence-electron chi connectivity index (χ3n) is 4.34. The second-order valence-electron chi connectivity index (χ2n) is 5.79. The average Bonchev–Trinajstić information content (AvgIpc) is 3.31. The van der Waals surface area contributed by atoms with Crippen molar-refractivity contribution < 1.29 is 9.21 Å². The predicted molar refractivity (Wildman–Crippen MR) is 86.6 cm³/mol. The molecule has 4 rings (SSSR count). The number of aromatic nitrogens is 4. The molecule has 0 atom stereocenters. The van der Waals surface area contributed by atoms with E-state index in [2.05, 4.69) is 20.0 Å². The van der Waals surface area contributed by atoms with Crippen molar-refractivity contribution in [1.82, 2.24) is 24.5 Å². The quantitative estimate of drug-likeness (QED) is 0.711. The Labute approximate surface area is 138 Å². The monoisotopic (exact) mass is 326 g/mol. The number of fused-ring (bicyclic) bond motifs is 1. The van der Waals surface area contributed by atoms with Crippen LogP contribution >= 0.6 is 0 Å². The third kappa shape index (κ3) is 2.82. The van der Waals surface area contributed by atoms with Gasteiger partial charge in [-0.15, -0.1) is 0 Å². The summed E-state index contributed by atoms with van der Waals surface area (Å²) in [5, 5.41) is 4.24. The van der Waals surface area contributed by atoms with Crippen LogP contribution in [-0.4, -0.2) is 56.6 Å². The van der Waals surface area contributed by atoms with E-state index >= 15 is 0 Å². The lowest BCUT2D eigenvalue weighted by Crippen LogP contribution is -2.49. The summed E-state index contributed by atoms with van der Waals surface area (Å²) in [5.41, 5.74) is 1.79. The Bertz CT molecular complexity index is 820. The number of amides is 1. The standard InChI is InChI=1S/C16H18N6O2/c23-16(2-1-13-3-8-24-11-13)21-6-4-20(5-7-21)15-10-17-9-14-18-12-19-22(14)15/h3,8-12H,1-2,4-7H2. The molecule has 124 valence electrons. The fourth-order valence-corrected chi connectivity index (χ4v) is 2.99. The SMILES string of the molecule is O=C(CCc1ccoc1)N1CCN(c2cncc3ncnn23)CC1. The lowest BCUT2D eigenvalue weighted by molar-refractivity contribution is -0.131. The highest BCUT2D eigenvalue weighted by Gasteiger charge is 2.22. The molecule has 0 radical (unpaired) electrons.